The topological polar surface area (TPSA) is 58.2 Å². The maximum atomic E-state index is 12.6. The van der Waals surface area contributed by atoms with Gasteiger partial charge in [-0.2, -0.15) is 0 Å². The smallest absolute Gasteiger partial charge is 0.255 e. The summed E-state index contributed by atoms with van der Waals surface area (Å²) in [7, 11) is 0. The normalized spacial score (nSPS) is 12.3. The minimum absolute atomic E-state index is 0.0677. The lowest BCUT2D eigenvalue weighted by atomic mass is 9.86. The van der Waals surface area contributed by atoms with E-state index in [1.54, 1.807) is 24.3 Å². The van der Waals surface area contributed by atoms with Crippen LogP contribution in [0.5, 0.6) is 0 Å². The summed E-state index contributed by atoms with van der Waals surface area (Å²) in [5.74, 6) is -0.306. The van der Waals surface area contributed by atoms with Crippen LogP contribution in [0.15, 0.2) is 48.5 Å². The van der Waals surface area contributed by atoms with Crippen LogP contribution in [0, 0.1) is 0 Å². The molecule has 2 amide bonds. The first-order chi connectivity index (χ1) is 12.2. The van der Waals surface area contributed by atoms with Crippen molar-refractivity contribution in [1.82, 2.24) is 5.32 Å². The number of para-hydroxylation sites is 1. The summed E-state index contributed by atoms with van der Waals surface area (Å²) in [6.07, 6.45) is 0.874. The third-order valence-electron chi connectivity index (χ3n) is 4.38. The number of anilines is 1. The summed E-state index contributed by atoms with van der Waals surface area (Å²) in [6.45, 7) is 10.3. The Morgan fingerprint density at radius 3 is 2.00 bits per heavy atom. The van der Waals surface area contributed by atoms with Crippen molar-refractivity contribution in [3.63, 3.8) is 0 Å². The summed E-state index contributed by atoms with van der Waals surface area (Å²) in [5, 5.41) is 5.90. The number of rotatable bonds is 5. The predicted octanol–water partition coefficient (Wildman–Crippen LogP) is 4.76. The lowest BCUT2D eigenvalue weighted by Crippen LogP contribution is -2.31. The van der Waals surface area contributed by atoms with E-state index < -0.39 is 0 Å². The highest BCUT2D eigenvalue weighted by Gasteiger charge is 2.19. The van der Waals surface area contributed by atoms with Crippen molar-refractivity contribution in [3.8, 4) is 0 Å². The van der Waals surface area contributed by atoms with Gasteiger partial charge in [0.25, 0.3) is 11.8 Å². The molecule has 138 valence electrons. The SMILES string of the molecule is CCC(C)NC(=O)c1ccc(C(=O)Nc2ccccc2C(C)(C)C)cc1. The minimum Gasteiger partial charge on any atom is -0.350 e. The Kier molecular flexibility index (Phi) is 6.19. The molecule has 1 atom stereocenters. The van der Waals surface area contributed by atoms with Gasteiger partial charge in [0.05, 0.1) is 0 Å². The van der Waals surface area contributed by atoms with Crippen molar-refractivity contribution in [2.75, 3.05) is 5.32 Å². The molecule has 0 spiro atoms. The third-order valence-corrected chi connectivity index (χ3v) is 4.38. The fraction of sp³-hybridized carbons (Fsp3) is 0.364. The van der Waals surface area contributed by atoms with Gasteiger partial charge in [0.15, 0.2) is 0 Å². The summed E-state index contributed by atoms with van der Waals surface area (Å²) >= 11 is 0. The second kappa shape index (κ2) is 8.17. The molecule has 2 aromatic carbocycles. The first-order valence-electron chi connectivity index (χ1n) is 9.04. The molecular weight excluding hydrogens is 324 g/mol. The fourth-order valence-corrected chi connectivity index (χ4v) is 2.62. The molecule has 0 fully saturated rings. The Morgan fingerprint density at radius 2 is 1.46 bits per heavy atom. The molecule has 4 heteroatoms. The lowest BCUT2D eigenvalue weighted by molar-refractivity contribution is 0.0937. The van der Waals surface area contributed by atoms with Gasteiger partial charge in [-0.3, -0.25) is 9.59 Å². The largest absolute Gasteiger partial charge is 0.350 e. The molecule has 0 bridgehead atoms. The van der Waals surface area contributed by atoms with E-state index in [4.69, 9.17) is 0 Å². The Labute approximate surface area is 156 Å². The average molecular weight is 352 g/mol. The molecular formula is C22H28N2O2. The van der Waals surface area contributed by atoms with Crippen molar-refractivity contribution in [2.24, 2.45) is 0 Å². The van der Waals surface area contributed by atoms with Crippen molar-refractivity contribution < 1.29 is 9.59 Å². The van der Waals surface area contributed by atoms with Gasteiger partial charge in [-0.25, -0.2) is 0 Å². The molecule has 0 aliphatic carbocycles. The summed E-state index contributed by atoms with van der Waals surface area (Å²) < 4.78 is 0. The molecule has 0 aromatic heterocycles. The summed E-state index contributed by atoms with van der Waals surface area (Å²) in [6, 6.07) is 14.7. The predicted molar refractivity (Wildman–Crippen MR) is 107 cm³/mol. The van der Waals surface area contributed by atoms with E-state index in [-0.39, 0.29) is 23.3 Å². The van der Waals surface area contributed by atoms with Gasteiger partial charge in [-0.15, -0.1) is 0 Å². The Hall–Kier alpha value is -2.62. The van der Waals surface area contributed by atoms with Crippen LogP contribution >= 0.6 is 0 Å². The highest BCUT2D eigenvalue weighted by molar-refractivity contribution is 6.05. The first-order valence-corrected chi connectivity index (χ1v) is 9.04. The highest BCUT2D eigenvalue weighted by atomic mass is 16.2. The van der Waals surface area contributed by atoms with Gasteiger partial charge in [0.1, 0.15) is 0 Å². The number of benzene rings is 2. The molecule has 2 N–H and O–H groups in total. The highest BCUT2D eigenvalue weighted by Crippen LogP contribution is 2.29. The molecule has 0 heterocycles. The number of amides is 2. The monoisotopic (exact) mass is 352 g/mol. The molecule has 2 aromatic rings. The van der Waals surface area contributed by atoms with Crippen molar-refractivity contribution >= 4 is 17.5 Å². The molecule has 26 heavy (non-hydrogen) atoms. The molecule has 2 rings (SSSR count). The van der Waals surface area contributed by atoms with Gasteiger partial charge >= 0.3 is 0 Å². The van der Waals surface area contributed by atoms with Gasteiger partial charge in [0.2, 0.25) is 0 Å². The van der Waals surface area contributed by atoms with Crippen LogP contribution in [-0.4, -0.2) is 17.9 Å². The fourth-order valence-electron chi connectivity index (χ4n) is 2.62. The van der Waals surface area contributed by atoms with Gasteiger partial charge in [-0.1, -0.05) is 45.9 Å². The van der Waals surface area contributed by atoms with E-state index >= 15 is 0 Å². The molecule has 0 saturated carbocycles. The number of carbonyl (C=O) groups excluding carboxylic acids is 2. The van der Waals surface area contributed by atoms with Crippen LogP contribution in [0.3, 0.4) is 0 Å². The van der Waals surface area contributed by atoms with Crippen LogP contribution in [-0.2, 0) is 5.41 Å². The van der Waals surface area contributed by atoms with Crippen LogP contribution < -0.4 is 10.6 Å². The van der Waals surface area contributed by atoms with Crippen LogP contribution in [0.4, 0.5) is 5.69 Å². The van der Waals surface area contributed by atoms with E-state index in [0.717, 1.165) is 17.7 Å². The second-order valence-corrected chi connectivity index (χ2v) is 7.61. The Morgan fingerprint density at radius 1 is 0.923 bits per heavy atom. The van der Waals surface area contributed by atoms with E-state index in [1.165, 1.54) is 0 Å². The maximum absolute atomic E-state index is 12.6. The van der Waals surface area contributed by atoms with Crippen LogP contribution in [0.25, 0.3) is 0 Å². The molecule has 0 radical (unpaired) electrons. The molecule has 0 saturated heterocycles. The summed E-state index contributed by atoms with van der Waals surface area (Å²) in [4.78, 5) is 24.7. The molecule has 1 unspecified atom stereocenters. The Bertz CT molecular complexity index is 773. The van der Waals surface area contributed by atoms with Crippen molar-refractivity contribution in [2.45, 2.75) is 52.5 Å². The average Bonchev–Trinajstić information content (AvgIpc) is 2.61. The third kappa shape index (κ3) is 4.94. The van der Waals surface area contributed by atoms with Gasteiger partial charge in [0, 0.05) is 22.9 Å². The zero-order valence-corrected chi connectivity index (χ0v) is 16.2. The van der Waals surface area contributed by atoms with Gasteiger partial charge in [-0.05, 0) is 54.7 Å². The molecule has 0 aliphatic heterocycles. The number of hydrogen-bond acceptors (Lipinski definition) is 2. The maximum Gasteiger partial charge on any atom is 0.255 e. The van der Waals surface area contributed by atoms with E-state index in [2.05, 4.69) is 31.4 Å². The van der Waals surface area contributed by atoms with E-state index in [0.29, 0.717) is 11.1 Å². The minimum atomic E-state index is -0.185. The molecule has 0 aliphatic rings. The first kappa shape index (κ1) is 19.7. The van der Waals surface area contributed by atoms with E-state index in [9.17, 15) is 9.59 Å². The zero-order chi connectivity index (χ0) is 19.3. The standard InChI is InChI=1S/C22H28N2O2/c1-6-15(2)23-20(25)16-11-13-17(14-12-16)21(26)24-19-10-8-7-9-18(19)22(3,4)5/h7-15H,6H2,1-5H3,(H,23,25)(H,24,26). The van der Waals surface area contributed by atoms with Crippen LogP contribution in [0.2, 0.25) is 0 Å². The molecule has 4 nitrogen and oxygen atoms in total. The number of hydrogen-bond donors (Lipinski definition) is 2. The Balaban J connectivity index is 2.13. The van der Waals surface area contributed by atoms with Crippen molar-refractivity contribution in [3.05, 3.63) is 65.2 Å². The number of carbonyl (C=O) groups is 2. The zero-order valence-electron chi connectivity index (χ0n) is 16.2. The number of nitrogens with one attached hydrogen (secondary N) is 2. The quantitative estimate of drug-likeness (QED) is 0.815. The lowest BCUT2D eigenvalue weighted by Gasteiger charge is -2.23. The van der Waals surface area contributed by atoms with Crippen molar-refractivity contribution in [1.29, 1.82) is 0 Å². The second-order valence-electron chi connectivity index (χ2n) is 7.61. The summed E-state index contributed by atoms with van der Waals surface area (Å²) in [5.41, 5.74) is 2.90. The van der Waals surface area contributed by atoms with Crippen LogP contribution in [0.1, 0.15) is 67.3 Å². The van der Waals surface area contributed by atoms with Gasteiger partial charge < -0.3 is 10.6 Å². The van der Waals surface area contributed by atoms with E-state index in [1.807, 2.05) is 38.1 Å².